The summed E-state index contributed by atoms with van der Waals surface area (Å²) in [5, 5.41) is 1.18. The summed E-state index contributed by atoms with van der Waals surface area (Å²) in [6, 6.07) is 19.0. The minimum Gasteiger partial charge on any atom is -0.343 e. The predicted octanol–water partition coefficient (Wildman–Crippen LogP) is 5.05. The van der Waals surface area contributed by atoms with Crippen molar-refractivity contribution in [3.05, 3.63) is 78.9 Å². The van der Waals surface area contributed by atoms with E-state index in [2.05, 4.69) is 21.7 Å². The van der Waals surface area contributed by atoms with Gasteiger partial charge >= 0.3 is 0 Å². The van der Waals surface area contributed by atoms with Crippen LogP contribution in [0.5, 0.6) is 0 Å². The smallest absolute Gasteiger partial charge is 0.123 e. The van der Waals surface area contributed by atoms with Crippen molar-refractivity contribution in [2.75, 3.05) is 0 Å². The Bertz CT molecular complexity index is 970. The van der Waals surface area contributed by atoms with Crippen molar-refractivity contribution >= 4 is 10.9 Å². The van der Waals surface area contributed by atoms with E-state index in [9.17, 15) is 4.39 Å². The first kappa shape index (κ1) is 13.7. The van der Waals surface area contributed by atoms with Gasteiger partial charge in [-0.3, -0.25) is 4.98 Å². The number of hydrogen-bond acceptors (Lipinski definition) is 1. The lowest BCUT2D eigenvalue weighted by Crippen LogP contribution is -1.93. The number of aromatic nitrogens is 2. The summed E-state index contributed by atoms with van der Waals surface area (Å²) >= 11 is 0. The molecule has 3 heteroatoms. The molecular formula is C20H15FN2. The van der Waals surface area contributed by atoms with Crippen molar-refractivity contribution in [3.8, 4) is 22.4 Å². The van der Waals surface area contributed by atoms with Crippen molar-refractivity contribution in [1.82, 2.24) is 9.55 Å². The number of halogens is 1. The Morgan fingerprint density at radius 1 is 0.826 bits per heavy atom. The van der Waals surface area contributed by atoms with Gasteiger partial charge in [0.25, 0.3) is 0 Å². The number of rotatable bonds is 2. The molecule has 0 aliphatic heterocycles. The zero-order valence-electron chi connectivity index (χ0n) is 12.7. The maximum absolute atomic E-state index is 13.3. The third-order valence-electron chi connectivity index (χ3n) is 4.19. The Kier molecular flexibility index (Phi) is 3.19. The monoisotopic (exact) mass is 302 g/mol. The van der Waals surface area contributed by atoms with Crippen molar-refractivity contribution < 1.29 is 4.39 Å². The van der Waals surface area contributed by atoms with Crippen LogP contribution in [0.3, 0.4) is 0 Å². The van der Waals surface area contributed by atoms with Gasteiger partial charge in [0, 0.05) is 35.9 Å². The zero-order chi connectivity index (χ0) is 15.8. The Balaban J connectivity index is 2.10. The Morgan fingerprint density at radius 3 is 2.26 bits per heavy atom. The van der Waals surface area contributed by atoms with Crippen LogP contribution < -0.4 is 0 Å². The average molecular weight is 302 g/mol. The lowest BCUT2D eigenvalue weighted by atomic mass is 9.99. The minimum absolute atomic E-state index is 0.224. The van der Waals surface area contributed by atoms with Crippen molar-refractivity contribution in [3.63, 3.8) is 0 Å². The molecule has 0 saturated heterocycles. The number of para-hydroxylation sites is 1. The summed E-state index contributed by atoms with van der Waals surface area (Å²) in [6.07, 6.45) is 3.59. The summed E-state index contributed by atoms with van der Waals surface area (Å²) < 4.78 is 15.5. The van der Waals surface area contributed by atoms with Crippen molar-refractivity contribution in [1.29, 1.82) is 0 Å². The SMILES string of the molecule is Cn1c(-c2ccc(F)cc2)c(-c2ccncc2)c2ccccc21. The highest BCUT2D eigenvalue weighted by Crippen LogP contribution is 2.39. The van der Waals surface area contributed by atoms with Gasteiger partial charge in [0.2, 0.25) is 0 Å². The molecule has 0 radical (unpaired) electrons. The molecule has 0 aliphatic rings. The number of benzene rings is 2. The number of nitrogens with zero attached hydrogens (tertiary/aromatic N) is 2. The van der Waals surface area contributed by atoms with E-state index in [4.69, 9.17) is 0 Å². The molecule has 0 fully saturated rings. The fraction of sp³-hybridized carbons (Fsp3) is 0.0500. The molecule has 2 aromatic heterocycles. The molecule has 0 atom stereocenters. The molecule has 2 nitrogen and oxygen atoms in total. The van der Waals surface area contributed by atoms with Gasteiger partial charge in [-0.1, -0.05) is 18.2 Å². The Labute approximate surface area is 133 Å². The van der Waals surface area contributed by atoms with Gasteiger partial charge in [-0.05, 0) is 53.6 Å². The summed E-state index contributed by atoms with van der Waals surface area (Å²) in [5.74, 6) is -0.224. The standard InChI is InChI=1S/C20H15FN2/c1-23-18-5-3-2-4-17(18)19(14-10-12-22-13-11-14)20(23)15-6-8-16(21)9-7-15/h2-13H,1H3. The molecule has 0 N–H and O–H groups in total. The second kappa shape index (κ2) is 5.36. The lowest BCUT2D eigenvalue weighted by Gasteiger charge is -2.09. The maximum Gasteiger partial charge on any atom is 0.123 e. The van der Waals surface area contributed by atoms with Crippen LogP contribution in [0.15, 0.2) is 73.1 Å². The van der Waals surface area contributed by atoms with Gasteiger partial charge < -0.3 is 4.57 Å². The Morgan fingerprint density at radius 2 is 1.52 bits per heavy atom. The first-order valence-electron chi connectivity index (χ1n) is 7.49. The van der Waals surface area contributed by atoms with E-state index in [-0.39, 0.29) is 5.82 Å². The van der Waals surface area contributed by atoms with Crippen LogP contribution >= 0.6 is 0 Å². The van der Waals surface area contributed by atoms with E-state index in [0.29, 0.717) is 0 Å². The minimum atomic E-state index is -0.224. The van der Waals surface area contributed by atoms with Gasteiger partial charge in [0.1, 0.15) is 5.82 Å². The highest BCUT2D eigenvalue weighted by Gasteiger charge is 2.17. The van der Waals surface area contributed by atoms with E-state index in [1.807, 2.05) is 43.4 Å². The molecule has 4 rings (SSSR count). The molecule has 0 amide bonds. The van der Waals surface area contributed by atoms with Crippen LogP contribution in [-0.2, 0) is 7.05 Å². The quantitative estimate of drug-likeness (QED) is 0.507. The first-order valence-corrected chi connectivity index (χ1v) is 7.49. The second-order valence-corrected chi connectivity index (χ2v) is 5.54. The molecule has 0 spiro atoms. The van der Waals surface area contributed by atoms with Gasteiger partial charge in [-0.15, -0.1) is 0 Å². The molecule has 2 aromatic carbocycles. The third kappa shape index (κ3) is 2.21. The largest absolute Gasteiger partial charge is 0.343 e. The van der Waals surface area contributed by atoms with Crippen molar-refractivity contribution in [2.24, 2.45) is 7.05 Å². The van der Waals surface area contributed by atoms with Gasteiger partial charge in [0.05, 0.1) is 5.69 Å². The normalized spacial score (nSPS) is 11.0. The van der Waals surface area contributed by atoms with Gasteiger partial charge in [-0.25, -0.2) is 4.39 Å². The van der Waals surface area contributed by atoms with Crippen LogP contribution in [0.25, 0.3) is 33.3 Å². The predicted molar refractivity (Wildman–Crippen MR) is 91.5 cm³/mol. The van der Waals surface area contributed by atoms with Crippen LogP contribution in [0.4, 0.5) is 4.39 Å². The molecule has 0 unspecified atom stereocenters. The third-order valence-corrected chi connectivity index (χ3v) is 4.19. The van der Waals surface area contributed by atoms with Crippen LogP contribution in [0, 0.1) is 5.82 Å². The van der Waals surface area contributed by atoms with Gasteiger partial charge in [-0.2, -0.15) is 0 Å². The number of aryl methyl sites for hydroxylation is 1. The van der Waals surface area contributed by atoms with Crippen LogP contribution in [0.2, 0.25) is 0 Å². The first-order chi connectivity index (χ1) is 11.3. The molecule has 2 heterocycles. The second-order valence-electron chi connectivity index (χ2n) is 5.54. The zero-order valence-corrected chi connectivity index (χ0v) is 12.7. The van der Waals surface area contributed by atoms with E-state index in [1.165, 1.54) is 17.5 Å². The van der Waals surface area contributed by atoms with E-state index in [0.717, 1.165) is 27.9 Å². The molecule has 0 aliphatic carbocycles. The van der Waals surface area contributed by atoms with Crippen LogP contribution in [-0.4, -0.2) is 9.55 Å². The number of pyridine rings is 1. The fourth-order valence-corrected chi connectivity index (χ4v) is 3.15. The molecular weight excluding hydrogens is 287 g/mol. The Hall–Kier alpha value is -2.94. The summed E-state index contributed by atoms with van der Waals surface area (Å²) in [6.45, 7) is 0. The summed E-state index contributed by atoms with van der Waals surface area (Å²) in [4.78, 5) is 4.12. The topological polar surface area (TPSA) is 17.8 Å². The van der Waals surface area contributed by atoms with E-state index >= 15 is 0 Å². The maximum atomic E-state index is 13.3. The molecule has 0 saturated carbocycles. The van der Waals surface area contributed by atoms with Crippen LogP contribution in [0.1, 0.15) is 0 Å². The molecule has 112 valence electrons. The summed E-state index contributed by atoms with van der Waals surface area (Å²) in [5.41, 5.74) is 5.49. The molecule has 23 heavy (non-hydrogen) atoms. The average Bonchev–Trinajstić information content (AvgIpc) is 2.90. The van der Waals surface area contributed by atoms with E-state index < -0.39 is 0 Å². The van der Waals surface area contributed by atoms with Gasteiger partial charge in [0.15, 0.2) is 0 Å². The molecule has 0 bridgehead atoms. The highest BCUT2D eigenvalue weighted by atomic mass is 19.1. The number of hydrogen-bond donors (Lipinski definition) is 0. The number of fused-ring (bicyclic) bond motifs is 1. The summed E-state index contributed by atoms with van der Waals surface area (Å²) in [7, 11) is 2.05. The highest BCUT2D eigenvalue weighted by molar-refractivity contribution is 6.04. The lowest BCUT2D eigenvalue weighted by molar-refractivity contribution is 0.628. The van der Waals surface area contributed by atoms with E-state index in [1.54, 1.807) is 12.4 Å². The van der Waals surface area contributed by atoms with Crippen molar-refractivity contribution in [2.45, 2.75) is 0 Å². The fourth-order valence-electron chi connectivity index (χ4n) is 3.15. The molecule has 4 aromatic rings.